The van der Waals surface area contributed by atoms with Crippen molar-refractivity contribution in [3.63, 3.8) is 0 Å². The van der Waals surface area contributed by atoms with E-state index in [9.17, 15) is 9.59 Å². The Bertz CT molecular complexity index is 651. The average molecular weight is 362 g/mol. The van der Waals surface area contributed by atoms with Crippen molar-refractivity contribution in [1.82, 2.24) is 20.8 Å². The van der Waals surface area contributed by atoms with Gasteiger partial charge >= 0.3 is 12.0 Å². The van der Waals surface area contributed by atoms with Crippen LogP contribution in [0, 0.1) is 24.7 Å². The summed E-state index contributed by atoms with van der Waals surface area (Å²) in [6, 6.07) is -0.174. The van der Waals surface area contributed by atoms with E-state index in [0.29, 0.717) is 5.82 Å². The highest BCUT2D eigenvalue weighted by Crippen LogP contribution is 2.55. The Labute approximate surface area is 152 Å². The predicted octanol–water partition coefficient (Wildman–Crippen LogP) is 2.08. The van der Waals surface area contributed by atoms with Gasteiger partial charge in [-0.15, -0.1) is 0 Å². The molecule has 0 spiro atoms. The zero-order valence-electron chi connectivity index (χ0n) is 15.1. The monoisotopic (exact) mass is 362 g/mol. The van der Waals surface area contributed by atoms with E-state index >= 15 is 0 Å². The van der Waals surface area contributed by atoms with E-state index in [2.05, 4.69) is 20.8 Å². The van der Waals surface area contributed by atoms with Gasteiger partial charge < -0.3 is 19.9 Å². The molecule has 1 heterocycles. The first kappa shape index (κ1) is 17.3. The number of nitrogens with zero attached hydrogens (tertiary/aromatic N) is 2. The summed E-state index contributed by atoms with van der Waals surface area (Å²) < 4.78 is 9.92. The van der Waals surface area contributed by atoms with Crippen LogP contribution in [0.4, 0.5) is 4.79 Å². The molecule has 4 aliphatic rings. The van der Waals surface area contributed by atoms with Crippen LogP contribution < -0.4 is 10.6 Å². The van der Waals surface area contributed by atoms with Crippen LogP contribution in [-0.2, 0) is 16.1 Å². The fraction of sp³-hybridized carbons (Fsp3) is 0.778. The molecule has 0 saturated heterocycles. The second kappa shape index (κ2) is 6.89. The van der Waals surface area contributed by atoms with Gasteiger partial charge in [0.2, 0.25) is 0 Å². The molecule has 0 aromatic carbocycles. The number of rotatable bonds is 6. The minimum atomic E-state index is -0.407. The smallest absolute Gasteiger partial charge is 0.315 e. The molecule has 4 fully saturated rings. The molecule has 1 aromatic rings. The van der Waals surface area contributed by atoms with Crippen molar-refractivity contribution < 1.29 is 18.8 Å². The fourth-order valence-electron chi connectivity index (χ4n) is 5.44. The molecule has 4 saturated carbocycles. The Morgan fingerprint density at radius 2 is 1.85 bits per heavy atom. The first-order valence-corrected chi connectivity index (χ1v) is 9.50. The molecule has 0 radical (unpaired) electrons. The molecule has 1 aromatic heterocycles. The molecule has 0 unspecified atom stereocenters. The zero-order chi connectivity index (χ0) is 18.1. The number of ether oxygens (including phenoxy) is 1. The van der Waals surface area contributed by atoms with Crippen LogP contribution in [0.5, 0.6) is 0 Å². The van der Waals surface area contributed by atoms with Gasteiger partial charge in [-0.25, -0.2) is 4.79 Å². The third kappa shape index (κ3) is 3.83. The second-order valence-corrected chi connectivity index (χ2v) is 8.22. The number of aromatic nitrogens is 2. The molecule has 4 aliphatic carbocycles. The number of hydrogen-bond acceptors (Lipinski definition) is 6. The molecule has 2 amide bonds. The lowest BCUT2D eigenvalue weighted by atomic mass is 9.53. The summed E-state index contributed by atoms with van der Waals surface area (Å²) in [6.45, 7) is 1.90. The normalized spacial score (nSPS) is 31.7. The summed E-state index contributed by atoms with van der Waals surface area (Å²) in [4.78, 5) is 28.0. The lowest BCUT2D eigenvalue weighted by Gasteiger charge is -2.56. The third-order valence-corrected chi connectivity index (χ3v) is 5.96. The summed E-state index contributed by atoms with van der Waals surface area (Å²) in [5.41, 5.74) is -0.0187. The minimum Gasteiger partial charge on any atom is -0.456 e. The number of esters is 1. The summed E-state index contributed by atoms with van der Waals surface area (Å²) in [6.07, 6.45) is 7.46. The van der Waals surface area contributed by atoms with Crippen LogP contribution in [-0.4, -0.2) is 34.2 Å². The highest BCUT2D eigenvalue weighted by molar-refractivity contribution is 5.76. The zero-order valence-corrected chi connectivity index (χ0v) is 15.1. The van der Waals surface area contributed by atoms with E-state index in [4.69, 9.17) is 9.26 Å². The van der Waals surface area contributed by atoms with Crippen molar-refractivity contribution >= 4 is 12.0 Å². The quantitative estimate of drug-likeness (QED) is 0.751. The van der Waals surface area contributed by atoms with E-state index < -0.39 is 5.97 Å². The van der Waals surface area contributed by atoms with Gasteiger partial charge in [0.1, 0.15) is 0 Å². The molecule has 4 bridgehead atoms. The predicted molar refractivity (Wildman–Crippen MR) is 90.9 cm³/mol. The van der Waals surface area contributed by atoms with Gasteiger partial charge in [0.15, 0.2) is 12.4 Å². The van der Waals surface area contributed by atoms with Crippen molar-refractivity contribution in [2.45, 2.75) is 64.0 Å². The Morgan fingerprint density at radius 1 is 1.19 bits per heavy atom. The van der Waals surface area contributed by atoms with Gasteiger partial charge in [-0.2, -0.15) is 4.98 Å². The molecule has 5 rings (SSSR count). The molecule has 8 nitrogen and oxygen atoms in total. The Kier molecular flexibility index (Phi) is 4.58. The number of nitrogens with one attached hydrogen (secondary N) is 2. The molecular weight excluding hydrogens is 336 g/mol. The van der Waals surface area contributed by atoms with Crippen LogP contribution in [0.2, 0.25) is 0 Å². The highest BCUT2D eigenvalue weighted by atomic mass is 16.6. The maximum absolute atomic E-state index is 12.3. The number of urea groups is 1. The summed E-state index contributed by atoms with van der Waals surface area (Å²) >= 11 is 0. The molecular formula is C18H26N4O4. The van der Waals surface area contributed by atoms with Crippen molar-refractivity contribution in [1.29, 1.82) is 0 Å². The van der Waals surface area contributed by atoms with E-state index in [1.807, 2.05) is 0 Å². The Hall–Kier alpha value is -2.12. The minimum absolute atomic E-state index is 0.0187. The first-order chi connectivity index (χ1) is 12.5. The maximum Gasteiger partial charge on any atom is 0.315 e. The number of aryl methyl sites for hydroxylation is 1. The second-order valence-electron chi connectivity index (χ2n) is 8.22. The number of amides is 2. The SMILES string of the molecule is Cc1noc(COC(=O)CCNC(=O)NC23CC4CC(CC(C4)C2)C3)n1. The van der Waals surface area contributed by atoms with Gasteiger partial charge in [0.05, 0.1) is 6.42 Å². The topological polar surface area (TPSA) is 106 Å². The number of hydrogen-bond donors (Lipinski definition) is 2. The van der Waals surface area contributed by atoms with Crippen molar-refractivity contribution in [2.75, 3.05) is 6.54 Å². The summed E-state index contributed by atoms with van der Waals surface area (Å²) in [5, 5.41) is 9.64. The Morgan fingerprint density at radius 3 is 2.42 bits per heavy atom. The molecule has 0 aliphatic heterocycles. The fourth-order valence-corrected chi connectivity index (χ4v) is 5.44. The maximum atomic E-state index is 12.3. The lowest BCUT2D eigenvalue weighted by molar-refractivity contribution is -0.145. The highest BCUT2D eigenvalue weighted by Gasteiger charge is 2.51. The summed E-state index contributed by atoms with van der Waals surface area (Å²) in [5.74, 6) is 2.71. The molecule has 26 heavy (non-hydrogen) atoms. The van der Waals surface area contributed by atoms with Gasteiger partial charge in [0, 0.05) is 12.1 Å². The van der Waals surface area contributed by atoms with E-state index in [0.717, 1.165) is 37.0 Å². The van der Waals surface area contributed by atoms with Gasteiger partial charge in [-0.05, 0) is 63.2 Å². The van der Waals surface area contributed by atoms with Crippen LogP contribution in [0.3, 0.4) is 0 Å². The lowest BCUT2D eigenvalue weighted by Crippen LogP contribution is -2.61. The van der Waals surface area contributed by atoms with Gasteiger partial charge in [0.25, 0.3) is 5.89 Å². The molecule has 2 N–H and O–H groups in total. The van der Waals surface area contributed by atoms with Crippen molar-refractivity contribution in [2.24, 2.45) is 17.8 Å². The van der Waals surface area contributed by atoms with Crippen molar-refractivity contribution in [3.05, 3.63) is 11.7 Å². The van der Waals surface area contributed by atoms with Crippen LogP contribution in [0.1, 0.15) is 56.7 Å². The number of carbonyl (C=O) groups excluding carboxylic acids is 2. The molecule has 142 valence electrons. The largest absolute Gasteiger partial charge is 0.456 e. The van der Waals surface area contributed by atoms with E-state index in [-0.39, 0.29) is 37.0 Å². The Balaban J connectivity index is 1.17. The van der Waals surface area contributed by atoms with Gasteiger partial charge in [-0.3, -0.25) is 4.79 Å². The van der Waals surface area contributed by atoms with Crippen molar-refractivity contribution in [3.8, 4) is 0 Å². The first-order valence-electron chi connectivity index (χ1n) is 9.50. The van der Waals surface area contributed by atoms with E-state index in [1.54, 1.807) is 6.92 Å². The van der Waals surface area contributed by atoms with Crippen LogP contribution >= 0.6 is 0 Å². The van der Waals surface area contributed by atoms with Crippen LogP contribution in [0.25, 0.3) is 0 Å². The number of carbonyl (C=O) groups is 2. The molecule has 8 heteroatoms. The third-order valence-electron chi connectivity index (χ3n) is 5.96. The van der Waals surface area contributed by atoms with Crippen LogP contribution in [0.15, 0.2) is 4.52 Å². The van der Waals surface area contributed by atoms with E-state index in [1.165, 1.54) is 19.3 Å². The summed E-state index contributed by atoms with van der Waals surface area (Å²) in [7, 11) is 0. The molecule has 0 atom stereocenters. The standard InChI is InChI=1S/C18H26N4O4/c1-11-20-15(26-22-11)10-25-16(23)2-3-19-17(24)21-18-7-12-4-13(8-18)6-14(5-12)9-18/h12-14H,2-10H2,1H3,(H2,19,21,24). The average Bonchev–Trinajstić information content (AvgIpc) is 2.96. The van der Waals surface area contributed by atoms with Gasteiger partial charge in [-0.1, -0.05) is 5.16 Å².